The van der Waals surface area contributed by atoms with Gasteiger partial charge in [-0.15, -0.1) is 0 Å². The van der Waals surface area contributed by atoms with E-state index in [4.69, 9.17) is 10.5 Å². The Kier molecular flexibility index (Phi) is 6.76. The second kappa shape index (κ2) is 9.72. The lowest BCUT2D eigenvalue weighted by molar-refractivity contribution is 0.0264. The molecule has 0 saturated carbocycles. The van der Waals surface area contributed by atoms with E-state index >= 15 is 0 Å². The summed E-state index contributed by atoms with van der Waals surface area (Å²) in [5, 5.41) is 12.3. The molecule has 0 aliphatic carbocycles. The monoisotopic (exact) mass is 449 g/mol. The zero-order valence-electron chi connectivity index (χ0n) is 19.2. The molecule has 3 N–H and O–H groups in total. The Balaban J connectivity index is 1.42. The van der Waals surface area contributed by atoms with Gasteiger partial charge in [-0.25, -0.2) is 0 Å². The van der Waals surface area contributed by atoms with Crippen molar-refractivity contribution in [3.63, 3.8) is 0 Å². The van der Waals surface area contributed by atoms with Crippen molar-refractivity contribution in [3.8, 4) is 5.75 Å². The van der Waals surface area contributed by atoms with Crippen LogP contribution in [0.4, 0.5) is 5.69 Å². The summed E-state index contributed by atoms with van der Waals surface area (Å²) in [5.74, 6) is 0.576. The molecule has 1 aromatic carbocycles. The number of β-amino-alcohol motifs (C(OH)–C–C–N with tert-alkyl or cyclic N) is 1. The number of aliphatic hydroxyl groups is 1. The van der Waals surface area contributed by atoms with E-state index in [9.17, 15) is 9.90 Å². The zero-order valence-corrected chi connectivity index (χ0v) is 19.2. The van der Waals surface area contributed by atoms with Gasteiger partial charge in [0.25, 0.3) is 5.91 Å². The number of nitrogens with zero attached hydrogens (tertiary/aromatic N) is 4. The van der Waals surface area contributed by atoms with Crippen LogP contribution >= 0.6 is 0 Å². The van der Waals surface area contributed by atoms with Crippen LogP contribution in [-0.2, 0) is 0 Å². The average Bonchev–Trinajstić information content (AvgIpc) is 3.20. The molecule has 1 atom stereocenters. The number of pyridine rings is 2. The minimum Gasteiger partial charge on any atom is -0.494 e. The summed E-state index contributed by atoms with van der Waals surface area (Å²) in [7, 11) is 1.73. The van der Waals surface area contributed by atoms with Gasteiger partial charge in [-0.1, -0.05) is 0 Å². The number of carbonyl (C=O) groups is 1. The van der Waals surface area contributed by atoms with Gasteiger partial charge in [-0.3, -0.25) is 14.8 Å². The van der Waals surface area contributed by atoms with Gasteiger partial charge in [0.2, 0.25) is 0 Å². The van der Waals surface area contributed by atoms with E-state index in [0.29, 0.717) is 44.0 Å². The van der Waals surface area contributed by atoms with Crippen LogP contribution in [0.15, 0.2) is 48.8 Å². The van der Waals surface area contributed by atoms with E-state index in [0.717, 1.165) is 28.7 Å². The van der Waals surface area contributed by atoms with Crippen molar-refractivity contribution in [1.82, 2.24) is 14.9 Å². The van der Waals surface area contributed by atoms with Gasteiger partial charge in [0, 0.05) is 54.9 Å². The number of hydrogen-bond donors (Lipinski definition) is 2. The van der Waals surface area contributed by atoms with Crippen LogP contribution in [0, 0.1) is 6.92 Å². The van der Waals surface area contributed by atoms with Crippen molar-refractivity contribution in [2.24, 2.45) is 5.73 Å². The molecule has 3 heterocycles. The number of benzene rings is 1. The summed E-state index contributed by atoms with van der Waals surface area (Å²) in [6.07, 6.45) is 4.90. The number of hydrogen-bond acceptors (Lipinski definition) is 7. The van der Waals surface area contributed by atoms with Crippen LogP contribution in [0.2, 0.25) is 0 Å². The molecule has 1 saturated heterocycles. The third kappa shape index (κ3) is 5.23. The molecule has 1 fully saturated rings. The van der Waals surface area contributed by atoms with Gasteiger partial charge in [-0.2, -0.15) is 0 Å². The lowest BCUT2D eigenvalue weighted by Crippen LogP contribution is -2.45. The predicted octanol–water partition coefficient (Wildman–Crippen LogP) is 2.38. The SMILES string of the molecule is Cc1cc(N2CCC(O)(CN(C)C(=O)c3ccc(OCCCN)cc3)C2)c2cnccc2n1. The van der Waals surface area contributed by atoms with E-state index in [1.54, 1.807) is 42.4 Å². The van der Waals surface area contributed by atoms with Crippen LogP contribution in [0.25, 0.3) is 10.9 Å². The highest BCUT2D eigenvalue weighted by Crippen LogP contribution is 2.32. The Morgan fingerprint density at radius 3 is 2.85 bits per heavy atom. The fourth-order valence-corrected chi connectivity index (χ4v) is 4.33. The Bertz CT molecular complexity index is 1120. The molecule has 174 valence electrons. The van der Waals surface area contributed by atoms with Crippen LogP contribution in [0.5, 0.6) is 5.75 Å². The number of carbonyl (C=O) groups excluding carboxylic acids is 1. The van der Waals surface area contributed by atoms with E-state index in [2.05, 4.69) is 14.9 Å². The Hall–Kier alpha value is -3.23. The van der Waals surface area contributed by atoms with Gasteiger partial charge in [-0.05, 0) is 62.7 Å². The van der Waals surface area contributed by atoms with E-state index in [-0.39, 0.29) is 12.5 Å². The van der Waals surface area contributed by atoms with Crippen LogP contribution in [-0.4, -0.2) is 71.3 Å². The molecule has 2 aromatic heterocycles. The lowest BCUT2D eigenvalue weighted by Gasteiger charge is -2.29. The minimum absolute atomic E-state index is 0.134. The molecule has 0 spiro atoms. The Labute approximate surface area is 194 Å². The smallest absolute Gasteiger partial charge is 0.253 e. The van der Waals surface area contributed by atoms with Gasteiger partial charge < -0.3 is 25.4 Å². The molecule has 4 rings (SSSR count). The quantitative estimate of drug-likeness (QED) is 0.509. The number of anilines is 1. The molecule has 8 nitrogen and oxygen atoms in total. The fourth-order valence-electron chi connectivity index (χ4n) is 4.33. The maximum atomic E-state index is 12.9. The number of likely N-dealkylation sites (N-methyl/N-ethyl adjacent to an activating group) is 1. The number of ether oxygens (including phenoxy) is 1. The van der Waals surface area contributed by atoms with Crippen LogP contribution in [0.3, 0.4) is 0 Å². The molecule has 1 amide bonds. The second-order valence-electron chi connectivity index (χ2n) is 8.75. The van der Waals surface area contributed by atoms with Gasteiger partial charge in [0.15, 0.2) is 0 Å². The third-order valence-corrected chi connectivity index (χ3v) is 5.99. The Morgan fingerprint density at radius 1 is 1.30 bits per heavy atom. The van der Waals surface area contributed by atoms with Crippen molar-refractivity contribution in [2.45, 2.75) is 25.4 Å². The van der Waals surface area contributed by atoms with Crippen LogP contribution < -0.4 is 15.4 Å². The van der Waals surface area contributed by atoms with Crippen LogP contribution in [0.1, 0.15) is 28.9 Å². The van der Waals surface area contributed by atoms with E-state index in [1.807, 2.05) is 25.3 Å². The normalized spacial score (nSPS) is 18.0. The number of nitrogens with two attached hydrogens (primary N) is 1. The summed E-state index contributed by atoms with van der Waals surface area (Å²) < 4.78 is 5.60. The molecule has 0 radical (unpaired) electrons. The highest BCUT2D eigenvalue weighted by molar-refractivity contribution is 5.94. The first-order chi connectivity index (χ1) is 15.9. The number of aromatic nitrogens is 2. The summed E-state index contributed by atoms with van der Waals surface area (Å²) in [4.78, 5) is 25.5. The van der Waals surface area contributed by atoms with Crippen molar-refractivity contribution in [1.29, 1.82) is 0 Å². The van der Waals surface area contributed by atoms with Crippen molar-refractivity contribution >= 4 is 22.5 Å². The standard InChI is InChI=1S/C25H31N5O3/c1-18-14-23(21-15-27-11-8-22(21)28-18)30-12-9-25(32,17-30)16-29(2)24(31)19-4-6-20(7-5-19)33-13-3-10-26/h4-8,11,14-15,32H,3,9-10,12-13,16-17,26H2,1-2H3. The van der Waals surface area contributed by atoms with E-state index in [1.165, 1.54) is 0 Å². The highest BCUT2D eigenvalue weighted by atomic mass is 16.5. The minimum atomic E-state index is -0.999. The molecule has 8 heteroatoms. The first kappa shape index (κ1) is 22.9. The van der Waals surface area contributed by atoms with Gasteiger partial charge in [0.1, 0.15) is 11.4 Å². The first-order valence-corrected chi connectivity index (χ1v) is 11.3. The van der Waals surface area contributed by atoms with Gasteiger partial charge in [0.05, 0.1) is 18.7 Å². The summed E-state index contributed by atoms with van der Waals surface area (Å²) >= 11 is 0. The highest BCUT2D eigenvalue weighted by Gasteiger charge is 2.38. The van der Waals surface area contributed by atoms with E-state index < -0.39 is 5.60 Å². The summed E-state index contributed by atoms with van der Waals surface area (Å²) in [5.41, 5.74) is 7.86. The molecule has 1 aliphatic heterocycles. The van der Waals surface area contributed by atoms with Crippen molar-refractivity contribution in [3.05, 3.63) is 60.0 Å². The molecule has 1 unspecified atom stereocenters. The topological polar surface area (TPSA) is 105 Å². The van der Waals surface area contributed by atoms with Crippen molar-refractivity contribution in [2.75, 3.05) is 44.7 Å². The molecule has 3 aromatic rings. The fraction of sp³-hybridized carbons (Fsp3) is 0.400. The summed E-state index contributed by atoms with van der Waals surface area (Å²) in [6, 6.07) is 11.0. The predicted molar refractivity (Wildman–Crippen MR) is 129 cm³/mol. The second-order valence-corrected chi connectivity index (χ2v) is 8.75. The maximum Gasteiger partial charge on any atom is 0.253 e. The molecular weight excluding hydrogens is 418 g/mol. The molecule has 33 heavy (non-hydrogen) atoms. The number of fused-ring (bicyclic) bond motifs is 1. The Morgan fingerprint density at radius 2 is 2.09 bits per heavy atom. The average molecular weight is 450 g/mol. The first-order valence-electron chi connectivity index (χ1n) is 11.3. The van der Waals surface area contributed by atoms with Gasteiger partial charge >= 0.3 is 0 Å². The molecule has 1 aliphatic rings. The molecular formula is C25H31N5O3. The summed E-state index contributed by atoms with van der Waals surface area (Å²) in [6.45, 7) is 4.47. The lowest BCUT2D eigenvalue weighted by atomic mass is 10.0. The maximum absolute atomic E-state index is 12.9. The molecule has 0 bridgehead atoms. The number of aryl methyl sites for hydroxylation is 1. The zero-order chi connectivity index (χ0) is 23.4. The number of amides is 1. The largest absolute Gasteiger partial charge is 0.494 e. The third-order valence-electron chi connectivity index (χ3n) is 5.99. The number of rotatable bonds is 8. The van der Waals surface area contributed by atoms with Crippen molar-refractivity contribution < 1.29 is 14.6 Å².